The van der Waals surface area contributed by atoms with Crippen LogP contribution in [0.4, 0.5) is 0 Å². The summed E-state index contributed by atoms with van der Waals surface area (Å²) in [6.45, 7) is 5.05. The van der Waals surface area contributed by atoms with Gasteiger partial charge in [-0.1, -0.05) is 29.8 Å². The first-order valence-corrected chi connectivity index (χ1v) is 6.90. The van der Waals surface area contributed by atoms with E-state index in [1.54, 1.807) is 0 Å². The number of rotatable bonds is 5. The predicted octanol–water partition coefficient (Wildman–Crippen LogP) is 3.10. The molecule has 1 unspecified atom stereocenters. The van der Waals surface area contributed by atoms with E-state index in [4.69, 9.17) is 11.6 Å². The Balaban J connectivity index is 1.90. The van der Waals surface area contributed by atoms with E-state index >= 15 is 0 Å². The molecule has 2 aromatic rings. The lowest BCUT2D eigenvalue weighted by Gasteiger charge is -2.14. The van der Waals surface area contributed by atoms with Gasteiger partial charge in [-0.15, -0.1) is 0 Å². The van der Waals surface area contributed by atoms with Crippen molar-refractivity contribution in [3.8, 4) is 0 Å². The third-order valence-corrected chi connectivity index (χ3v) is 3.61. The summed E-state index contributed by atoms with van der Waals surface area (Å²) in [6, 6.07) is 8.38. The molecule has 0 aliphatic rings. The Morgan fingerprint density at radius 3 is 2.68 bits per heavy atom. The molecule has 0 radical (unpaired) electrons. The molecule has 1 N–H and O–H groups in total. The fourth-order valence-electron chi connectivity index (χ4n) is 2.17. The van der Waals surface area contributed by atoms with Crippen molar-refractivity contribution in [3.63, 3.8) is 0 Å². The molecule has 0 bridgehead atoms. The van der Waals surface area contributed by atoms with Crippen LogP contribution in [0.5, 0.6) is 0 Å². The number of aromatic nitrogens is 2. The lowest BCUT2D eigenvalue weighted by atomic mass is 10.1. The van der Waals surface area contributed by atoms with E-state index in [1.165, 1.54) is 11.1 Å². The highest BCUT2D eigenvalue weighted by Gasteiger charge is 2.08. The summed E-state index contributed by atoms with van der Waals surface area (Å²) >= 11 is 6.17. The first-order chi connectivity index (χ1) is 9.06. The molecule has 0 fully saturated rings. The minimum Gasteiger partial charge on any atom is -0.310 e. The lowest BCUT2D eigenvalue weighted by molar-refractivity contribution is 0.544. The van der Waals surface area contributed by atoms with Gasteiger partial charge in [0.15, 0.2) is 0 Å². The molecule has 0 saturated heterocycles. The second kappa shape index (κ2) is 6.22. The molecule has 3 nitrogen and oxygen atoms in total. The van der Waals surface area contributed by atoms with Crippen LogP contribution in [0.15, 0.2) is 30.5 Å². The zero-order valence-corrected chi connectivity index (χ0v) is 12.4. The van der Waals surface area contributed by atoms with Crippen molar-refractivity contribution in [2.24, 2.45) is 7.05 Å². The third-order valence-electron chi connectivity index (χ3n) is 3.24. The maximum Gasteiger partial charge on any atom is 0.0638 e. The molecular weight excluding hydrogens is 258 g/mol. The van der Waals surface area contributed by atoms with Crippen LogP contribution in [-0.4, -0.2) is 15.8 Å². The normalized spacial score (nSPS) is 12.6. The zero-order valence-electron chi connectivity index (χ0n) is 11.7. The molecule has 0 aliphatic carbocycles. The van der Waals surface area contributed by atoms with E-state index in [0.29, 0.717) is 6.04 Å². The van der Waals surface area contributed by atoms with Gasteiger partial charge in [-0.25, -0.2) is 0 Å². The van der Waals surface area contributed by atoms with Crippen molar-refractivity contribution in [2.45, 2.75) is 32.9 Å². The molecule has 19 heavy (non-hydrogen) atoms. The Bertz CT molecular complexity index is 548. The van der Waals surface area contributed by atoms with Crippen molar-refractivity contribution < 1.29 is 0 Å². The molecule has 102 valence electrons. The van der Waals surface area contributed by atoms with Crippen molar-refractivity contribution in [1.29, 1.82) is 0 Å². The van der Waals surface area contributed by atoms with Gasteiger partial charge < -0.3 is 5.32 Å². The fourth-order valence-corrected chi connectivity index (χ4v) is 2.39. The van der Waals surface area contributed by atoms with Gasteiger partial charge in [0.2, 0.25) is 0 Å². The number of nitrogens with zero attached hydrogens (tertiary/aromatic N) is 2. The summed E-state index contributed by atoms with van der Waals surface area (Å²) in [5, 5.41) is 8.70. The Morgan fingerprint density at radius 1 is 1.32 bits per heavy atom. The predicted molar refractivity (Wildman–Crippen MR) is 79.4 cm³/mol. The summed E-state index contributed by atoms with van der Waals surface area (Å²) in [7, 11) is 1.95. The first kappa shape index (κ1) is 14.1. The van der Waals surface area contributed by atoms with Crippen LogP contribution in [-0.2, 0) is 20.0 Å². The summed E-state index contributed by atoms with van der Waals surface area (Å²) in [6.07, 6.45) is 2.99. The van der Waals surface area contributed by atoms with Crippen LogP contribution < -0.4 is 5.32 Å². The Kier molecular flexibility index (Phi) is 4.61. The lowest BCUT2D eigenvalue weighted by Crippen LogP contribution is -2.27. The highest BCUT2D eigenvalue weighted by Crippen LogP contribution is 2.16. The van der Waals surface area contributed by atoms with E-state index < -0.39 is 0 Å². The summed E-state index contributed by atoms with van der Waals surface area (Å²) in [4.78, 5) is 0. The van der Waals surface area contributed by atoms with Crippen LogP contribution in [0, 0.1) is 6.92 Å². The number of halogens is 1. The molecule has 4 heteroatoms. The maximum absolute atomic E-state index is 6.17. The first-order valence-electron chi connectivity index (χ1n) is 6.52. The minimum atomic E-state index is 0.375. The van der Waals surface area contributed by atoms with E-state index in [9.17, 15) is 0 Å². The maximum atomic E-state index is 6.17. The second-order valence-electron chi connectivity index (χ2n) is 4.99. The van der Waals surface area contributed by atoms with Crippen LogP contribution >= 0.6 is 11.6 Å². The molecule has 1 aromatic carbocycles. The Hall–Kier alpha value is -1.32. The number of nitrogens with one attached hydrogen (secondary N) is 1. The van der Waals surface area contributed by atoms with Gasteiger partial charge in [0.25, 0.3) is 0 Å². The van der Waals surface area contributed by atoms with Crippen molar-refractivity contribution >= 4 is 11.6 Å². The van der Waals surface area contributed by atoms with Gasteiger partial charge in [-0.05, 0) is 31.9 Å². The standard InChI is InChI=1S/C15H20ClN3/c1-11(8-13-6-4-5-7-15(13)16)17-9-14-10-19(3)18-12(14)2/h4-7,10-11,17H,8-9H2,1-3H3. The van der Waals surface area contributed by atoms with Gasteiger partial charge >= 0.3 is 0 Å². The molecule has 2 rings (SSSR count). The SMILES string of the molecule is Cc1nn(C)cc1CNC(C)Cc1ccccc1Cl. The van der Waals surface area contributed by atoms with Crippen molar-refractivity contribution in [3.05, 3.63) is 52.3 Å². The monoisotopic (exact) mass is 277 g/mol. The highest BCUT2D eigenvalue weighted by molar-refractivity contribution is 6.31. The largest absolute Gasteiger partial charge is 0.310 e. The molecule has 1 atom stereocenters. The second-order valence-corrected chi connectivity index (χ2v) is 5.40. The third kappa shape index (κ3) is 3.82. The van der Waals surface area contributed by atoms with Gasteiger partial charge in [-0.2, -0.15) is 5.10 Å². The van der Waals surface area contributed by atoms with E-state index in [1.807, 2.05) is 36.9 Å². The fraction of sp³-hybridized carbons (Fsp3) is 0.400. The van der Waals surface area contributed by atoms with Gasteiger partial charge in [0.1, 0.15) is 0 Å². The number of hydrogen-bond donors (Lipinski definition) is 1. The highest BCUT2D eigenvalue weighted by atomic mass is 35.5. The summed E-state index contributed by atoms with van der Waals surface area (Å²) in [5.74, 6) is 0. The van der Waals surface area contributed by atoms with Crippen molar-refractivity contribution in [1.82, 2.24) is 15.1 Å². The molecule has 0 spiro atoms. The Labute approximate surface area is 119 Å². The zero-order chi connectivity index (χ0) is 13.8. The van der Waals surface area contributed by atoms with Gasteiger partial charge in [-0.3, -0.25) is 4.68 Å². The van der Waals surface area contributed by atoms with Gasteiger partial charge in [0, 0.05) is 36.4 Å². The van der Waals surface area contributed by atoms with E-state index in [0.717, 1.165) is 23.7 Å². The topological polar surface area (TPSA) is 29.9 Å². The quantitative estimate of drug-likeness (QED) is 0.910. The molecular formula is C15H20ClN3. The minimum absolute atomic E-state index is 0.375. The average molecular weight is 278 g/mol. The molecule has 0 aliphatic heterocycles. The van der Waals surface area contributed by atoms with Crippen LogP contribution in [0.2, 0.25) is 5.02 Å². The van der Waals surface area contributed by atoms with Crippen LogP contribution in [0.1, 0.15) is 23.7 Å². The molecule has 0 saturated carbocycles. The van der Waals surface area contributed by atoms with Crippen LogP contribution in [0.3, 0.4) is 0 Å². The van der Waals surface area contributed by atoms with E-state index in [-0.39, 0.29) is 0 Å². The molecule has 1 aromatic heterocycles. The number of hydrogen-bond acceptors (Lipinski definition) is 2. The molecule has 0 amide bonds. The average Bonchev–Trinajstić information content (AvgIpc) is 2.68. The van der Waals surface area contributed by atoms with Crippen LogP contribution in [0.25, 0.3) is 0 Å². The van der Waals surface area contributed by atoms with E-state index in [2.05, 4.69) is 29.6 Å². The summed E-state index contributed by atoms with van der Waals surface area (Å²) in [5.41, 5.74) is 3.51. The summed E-state index contributed by atoms with van der Waals surface area (Å²) < 4.78 is 1.85. The number of benzene rings is 1. The van der Waals surface area contributed by atoms with Gasteiger partial charge in [0.05, 0.1) is 5.69 Å². The molecule has 1 heterocycles. The number of aryl methyl sites for hydroxylation is 2. The smallest absolute Gasteiger partial charge is 0.0638 e. The Morgan fingerprint density at radius 2 is 2.05 bits per heavy atom. The van der Waals surface area contributed by atoms with Crippen molar-refractivity contribution in [2.75, 3.05) is 0 Å².